The lowest BCUT2D eigenvalue weighted by Crippen LogP contribution is -2.43. The maximum Gasteiger partial charge on any atom is 0.418 e. The smallest absolute Gasteiger partial charge is 0.418 e. The highest BCUT2D eigenvalue weighted by Crippen LogP contribution is 2.40. The number of carbonyl (C=O) groups excluding carboxylic acids is 1. The number of aromatic nitrogens is 1. The molecule has 0 spiro atoms. The maximum atomic E-state index is 13.5. The standard InChI is InChI=1S/C27H24F3N3O2/c1-16-7-9-17(10-8-16)25-24-19(20-15-18(35-2)11-12-22(20)31-24)13-14-33(25)26(34)32-23-6-4-3-5-21(23)27(28,29)30/h3-12,15,25,31H,13-14H2,1-2H3,(H,32,34)/t25-/m1/s1. The zero-order chi connectivity index (χ0) is 24.7. The van der Waals surface area contributed by atoms with Gasteiger partial charge in [-0.2, -0.15) is 13.2 Å². The van der Waals surface area contributed by atoms with Gasteiger partial charge in [-0.05, 0) is 54.8 Å². The number of hydrogen-bond donors (Lipinski definition) is 2. The lowest BCUT2D eigenvalue weighted by molar-refractivity contribution is -0.136. The van der Waals surface area contributed by atoms with E-state index in [-0.39, 0.29) is 5.69 Å². The number of benzene rings is 3. The fourth-order valence-electron chi connectivity index (χ4n) is 4.74. The summed E-state index contributed by atoms with van der Waals surface area (Å²) >= 11 is 0. The Labute approximate surface area is 200 Å². The van der Waals surface area contributed by atoms with E-state index in [1.807, 2.05) is 49.4 Å². The van der Waals surface area contributed by atoms with Gasteiger partial charge in [-0.25, -0.2) is 4.79 Å². The van der Waals surface area contributed by atoms with Crippen molar-refractivity contribution >= 4 is 22.6 Å². The maximum absolute atomic E-state index is 13.5. The van der Waals surface area contributed by atoms with Crippen LogP contribution < -0.4 is 10.1 Å². The van der Waals surface area contributed by atoms with Gasteiger partial charge in [0.2, 0.25) is 0 Å². The number of fused-ring (bicyclic) bond motifs is 3. The van der Waals surface area contributed by atoms with Crippen LogP contribution in [0.2, 0.25) is 0 Å². The van der Waals surface area contributed by atoms with Crippen LogP contribution in [-0.2, 0) is 12.6 Å². The molecule has 5 nitrogen and oxygen atoms in total. The highest BCUT2D eigenvalue weighted by molar-refractivity contribution is 5.92. The number of halogens is 3. The molecule has 4 aromatic rings. The van der Waals surface area contributed by atoms with Gasteiger partial charge in [0.1, 0.15) is 5.75 Å². The van der Waals surface area contributed by atoms with Crippen molar-refractivity contribution in [1.29, 1.82) is 0 Å². The highest BCUT2D eigenvalue weighted by atomic mass is 19.4. The Bertz CT molecular complexity index is 1390. The molecule has 3 aromatic carbocycles. The molecular weight excluding hydrogens is 455 g/mol. The number of ether oxygens (including phenoxy) is 1. The molecule has 5 rings (SSSR count). The number of aryl methyl sites for hydroxylation is 1. The number of nitrogens with zero attached hydrogens (tertiary/aromatic N) is 1. The van der Waals surface area contributed by atoms with Gasteiger partial charge < -0.3 is 19.9 Å². The Morgan fingerprint density at radius 1 is 1.09 bits per heavy atom. The number of urea groups is 1. The Kier molecular flexibility index (Phi) is 5.67. The van der Waals surface area contributed by atoms with E-state index in [9.17, 15) is 18.0 Å². The first-order valence-corrected chi connectivity index (χ1v) is 11.2. The second-order valence-corrected chi connectivity index (χ2v) is 8.66. The number of alkyl halides is 3. The third-order valence-electron chi connectivity index (χ3n) is 6.46. The first-order valence-electron chi connectivity index (χ1n) is 11.2. The lowest BCUT2D eigenvalue weighted by atomic mass is 9.92. The van der Waals surface area contributed by atoms with Crippen LogP contribution in [0.25, 0.3) is 10.9 Å². The fraction of sp³-hybridized carbons (Fsp3) is 0.222. The van der Waals surface area contributed by atoms with Crippen molar-refractivity contribution in [2.45, 2.75) is 25.6 Å². The summed E-state index contributed by atoms with van der Waals surface area (Å²) in [4.78, 5) is 18.5. The molecule has 2 amide bonds. The van der Waals surface area contributed by atoms with E-state index in [1.54, 1.807) is 12.0 Å². The number of hydrogen-bond acceptors (Lipinski definition) is 2. The summed E-state index contributed by atoms with van der Waals surface area (Å²) in [5, 5.41) is 3.53. The summed E-state index contributed by atoms with van der Waals surface area (Å²) in [5.74, 6) is 0.732. The molecule has 1 atom stereocenters. The number of carbonyl (C=O) groups is 1. The predicted octanol–water partition coefficient (Wildman–Crippen LogP) is 6.68. The van der Waals surface area contributed by atoms with E-state index < -0.39 is 23.8 Å². The molecular formula is C27H24F3N3O2. The summed E-state index contributed by atoms with van der Waals surface area (Å²) in [6.07, 6.45) is -4.02. The molecule has 1 aliphatic heterocycles. The van der Waals surface area contributed by atoms with Crippen molar-refractivity contribution in [2.75, 3.05) is 19.0 Å². The molecule has 8 heteroatoms. The number of H-pyrrole nitrogens is 1. The molecule has 180 valence electrons. The molecule has 0 bridgehead atoms. The second kappa shape index (κ2) is 8.69. The molecule has 2 heterocycles. The van der Waals surface area contributed by atoms with Crippen LogP contribution in [0.1, 0.15) is 34.0 Å². The Morgan fingerprint density at radius 3 is 2.54 bits per heavy atom. The number of anilines is 1. The van der Waals surface area contributed by atoms with Crippen molar-refractivity contribution in [3.05, 3.63) is 94.7 Å². The van der Waals surface area contributed by atoms with Gasteiger partial charge in [-0.3, -0.25) is 0 Å². The molecule has 0 unspecified atom stereocenters. The first kappa shape index (κ1) is 22.8. The molecule has 0 fully saturated rings. The van der Waals surface area contributed by atoms with Gasteiger partial charge in [-0.15, -0.1) is 0 Å². The van der Waals surface area contributed by atoms with Crippen LogP contribution in [0, 0.1) is 6.92 Å². The number of amides is 2. The van der Waals surface area contributed by atoms with E-state index in [1.165, 1.54) is 18.2 Å². The summed E-state index contributed by atoms with van der Waals surface area (Å²) in [6.45, 7) is 2.32. The third kappa shape index (κ3) is 4.20. The number of nitrogens with one attached hydrogen (secondary N) is 2. The van der Waals surface area contributed by atoms with Crippen LogP contribution >= 0.6 is 0 Å². The minimum atomic E-state index is -4.58. The molecule has 1 aliphatic rings. The van der Waals surface area contributed by atoms with Gasteiger partial charge in [-0.1, -0.05) is 42.0 Å². The lowest BCUT2D eigenvalue weighted by Gasteiger charge is -2.36. The van der Waals surface area contributed by atoms with Gasteiger partial charge in [0.05, 0.1) is 24.4 Å². The van der Waals surface area contributed by atoms with Gasteiger partial charge in [0.25, 0.3) is 0 Å². The SMILES string of the molecule is COc1ccc2[nH]c3c(c2c1)CCN(C(=O)Nc1ccccc1C(F)(F)F)[C@@H]3c1ccc(C)cc1. The van der Waals surface area contributed by atoms with E-state index >= 15 is 0 Å². The predicted molar refractivity (Wildman–Crippen MR) is 129 cm³/mol. The number of para-hydroxylation sites is 1. The van der Waals surface area contributed by atoms with E-state index in [4.69, 9.17) is 4.74 Å². The third-order valence-corrected chi connectivity index (χ3v) is 6.46. The Hall–Kier alpha value is -3.94. The van der Waals surface area contributed by atoms with Gasteiger partial charge >= 0.3 is 12.2 Å². The average Bonchev–Trinajstić information content (AvgIpc) is 3.21. The van der Waals surface area contributed by atoms with Crippen LogP contribution in [0.15, 0.2) is 66.7 Å². The summed E-state index contributed by atoms with van der Waals surface area (Å²) in [6, 6.07) is 17.5. The van der Waals surface area contributed by atoms with E-state index in [0.717, 1.165) is 45.1 Å². The summed E-state index contributed by atoms with van der Waals surface area (Å²) in [7, 11) is 1.61. The normalized spacial score (nSPS) is 15.7. The second-order valence-electron chi connectivity index (χ2n) is 8.66. The van der Waals surface area contributed by atoms with Crippen LogP contribution in [0.5, 0.6) is 5.75 Å². The van der Waals surface area contributed by atoms with Crippen LogP contribution in [-0.4, -0.2) is 29.6 Å². The van der Waals surface area contributed by atoms with Crippen LogP contribution in [0.3, 0.4) is 0 Å². The minimum Gasteiger partial charge on any atom is -0.497 e. The van der Waals surface area contributed by atoms with E-state index in [0.29, 0.717) is 13.0 Å². The molecule has 0 saturated heterocycles. The zero-order valence-electron chi connectivity index (χ0n) is 19.2. The molecule has 1 aromatic heterocycles. The van der Waals surface area contributed by atoms with Crippen molar-refractivity contribution in [3.8, 4) is 5.75 Å². The molecule has 2 N–H and O–H groups in total. The Balaban J connectivity index is 1.58. The fourth-order valence-corrected chi connectivity index (χ4v) is 4.74. The first-order chi connectivity index (χ1) is 16.8. The number of methoxy groups -OCH3 is 1. The van der Waals surface area contributed by atoms with Gasteiger partial charge in [0.15, 0.2) is 0 Å². The topological polar surface area (TPSA) is 57.4 Å². The molecule has 0 radical (unpaired) electrons. The largest absolute Gasteiger partial charge is 0.497 e. The minimum absolute atomic E-state index is 0.264. The van der Waals surface area contributed by atoms with Crippen LogP contribution in [0.4, 0.5) is 23.7 Å². The van der Waals surface area contributed by atoms with Crippen molar-refractivity contribution in [3.63, 3.8) is 0 Å². The van der Waals surface area contributed by atoms with Crippen molar-refractivity contribution in [1.82, 2.24) is 9.88 Å². The quantitative estimate of drug-likeness (QED) is 0.344. The molecule has 35 heavy (non-hydrogen) atoms. The van der Waals surface area contributed by atoms with Gasteiger partial charge in [0, 0.05) is 23.1 Å². The van der Waals surface area contributed by atoms with Crippen molar-refractivity contribution < 1.29 is 22.7 Å². The Morgan fingerprint density at radius 2 is 1.83 bits per heavy atom. The monoisotopic (exact) mass is 479 g/mol. The number of aromatic amines is 1. The molecule has 0 saturated carbocycles. The summed E-state index contributed by atoms with van der Waals surface area (Å²) in [5.41, 5.74) is 3.63. The zero-order valence-corrected chi connectivity index (χ0v) is 19.2. The average molecular weight is 480 g/mol. The van der Waals surface area contributed by atoms with E-state index in [2.05, 4.69) is 10.3 Å². The highest BCUT2D eigenvalue weighted by Gasteiger charge is 2.37. The summed E-state index contributed by atoms with van der Waals surface area (Å²) < 4.78 is 45.9. The number of rotatable bonds is 3. The van der Waals surface area contributed by atoms with Crippen molar-refractivity contribution in [2.24, 2.45) is 0 Å². The molecule has 0 aliphatic carbocycles.